The molecule has 1 saturated heterocycles. The summed E-state index contributed by atoms with van der Waals surface area (Å²) in [5, 5.41) is 9.87. The average molecular weight is 447 g/mol. The van der Waals surface area contributed by atoms with Gasteiger partial charge in [0.25, 0.3) is 0 Å². The molecule has 2 amide bonds. The van der Waals surface area contributed by atoms with Gasteiger partial charge in [-0.05, 0) is 57.5 Å². The number of benzene rings is 2. The average Bonchev–Trinajstić information content (AvgIpc) is 3.07. The van der Waals surface area contributed by atoms with Crippen LogP contribution in [0.4, 0.5) is 39.7 Å². The van der Waals surface area contributed by atoms with E-state index in [-0.39, 0.29) is 11.6 Å². The minimum Gasteiger partial charge on any atom is -0.349 e. The third kappa shape index (κ3) is 5.49. The lowest BCUT2D eigenvalue weighted by Gasteiger charge is -2.21. The number of anilines is 6. The Kier molecular flexibility index (Phi) is 6.04. The van der Waals surface area contributed by atoms with E-state index in [1.54, 1.807) is 9.80 Å². The maximum absolute atomic E-state index is 12.4. The number of aryl methyl sites for hydroxylation is 1. The Hall–Kier alpha value is -3.88. The molecule has 3 aromatic rings. The minimum atomic E-state index is -0.222. The van der Waals surface area contributed by atoms with Crippen molar-refractivity contribution in [2.24, 2.45) is 0 Å². The molecule has 2 heterocycles. The van der Waals surface area contributed by atoms with E-state index in [0.29, 0.717) is 30.9 Å². The fourth-order valence-electron chi connectivity index (χ4n) is 3.48. The topological polar surface area (TPSA) is 98.3 Å². The standard InChI is InChI=1S/C24H30N8O/c1-16-9-6-7-12-19(16)26-21-27-20(28-22(29-21)30-24(2,3)4)25-17-10-8-11-18(15-17)32-14-13-31(5)23(32)33/h6-12,15H,13-14H2,1-5H3,(H3,25,26,27,28,29,30). The number of likely N-dealkylation sites (N-methyl/N-ethyl adjacent to an activating group) is 1. The molecule has 9 heteroatoms. The number of amides is 2. The van der Waals surface area contributed by atoms with Crippen LogP contribution in [-0.2, 0) is 0 Å². The van der Waals surface area contributed by atoms with Crippen LogP contribution in [0.15, 0.2) is 48.5 Å². The van der Waals surface area contributed by atoms with E-state index in [0.717, 1.165) is 22.6 Å². The van der Waals surface area contributed by atoms with Crippen molar-refractivity contribution < 1.29 is 4.79 Å². The molecule has 0 radical (unpaired) electrons. The molecule has 0 unspecified atom stereocenters. The monoisotopic (exact) mass is 446 g/mol. The quantitative estimate of drug-likeness (QED) is 0.503. The molecule has 0 atom stereocenters. The lowest BCUT2D eigenvalue weighted by Crippen LogP contribution is -2.29. The Bertz CT molecular complexity index is 1160. The highest BCUT2D eigenvalue weighted by Gasteiger charge is 2.26. The van der Waals surface area contributed by atoms with Crippen LogP contribution in [-0.4, -0.2) is 51.6 Å². The zero-order valence-electron chi connectivity index (χ0n) is 19.7. The highest BCUT2D eigenvalue weighted by molar-refractivity contribution is 5.94. The predicted molar refractivity (Wildman–Crippen MR) is 133 cm³/mol. The van der Waals surface area contributed by atoms with Crippen molar-refractivity contribution in [3.63, 3.8) is 0 Å². The van der Waals surface area contributed by atoms with Gasteiger partial charge in [-0.25, -0.2) is 4.79 Å². The van der Waals surface area contributed by atoms with Crippen LogP contribution in [0, 0.1) is 6.92 Å². The number of para-hydroxylation sites is 1. The molecule has 3 N–H and O–H groups in total. The van der Waals surface area contributed by atoms with E-state index in [9.17, 15) is 4.79 Å². The first-order valence-electron chi connectivity index (χ1n) is 10.9. The number of nitrogens with one attached hydrogen (secondary N) is 3. The van der Waals surface area contributed by atoms with E-state index in [2.05, 4.69) is 30.9 Å². The van der Waals surface area contributed by atoms with E-state index < -0.39 is 0 Å². The molecular weight excluding hydrogens is 416 g/mol. The Morgan fingerprint density at radius 1 is 0.879 bits per heavy atom. The first-order valence-corrected chi connectivity index (χ1v) is 10.9. The summed E-state index contributed by atoms with van der Waals surface area (Å²) in [7, 11) is 1.81. The number of nitrogens with zero attached hydrogens (tertiary/aromatic N) is 5. The smallest absolute Gasteiger partial charge is 0.324 e. The number of urea groups is 1. The largest absolute Gasteiger partial charge is 0.349 e. The van der Waals surface area contributed by atoms with Crippen molar-refractivity contribution in [1.82, 2.24) is 19.9 Å². The second kappa shape index (κ2) is 8.93. The van der Waals surface area contributed by atoms with Gasteiger partial charge in [-0.2, -0.15) is 15.0 Å². The molecule has 172 valence electrons. The summed E-state index contributed by atoms with van der Waals surface area (Å²) in [4.78, 5) is 29.5. The van der Waals surface area contributed by atoms with Crippen LogP contribution in [0.5, 0.6) is 0 Å². The Morgan fingerprint density at radius 3 is 2.24 bits per heavy atom. The lowest BCUT2D eigenvalue weighted by molar-refractivity contribution is 0.229. The molecule has 0 bridgehead atoms. The molecule has 1 aliphatic rings. The SMILES string of the molecule is Cc1ccccc1Nc1nc(Nc2cccc(N3CCN(C)C3=O)c2)nc(NC(C)(C)C)n1. The molecule has 33 heavy (non-hydrogen) atoms. The summed E-state index contributed by atoms with van der Waals surface area (Å²) in [5.74, 6) is 1.29. The van der Waals surface area contributed by atoms with Crippen molar-refractivity contribution in [1.29, 1.82) is 0 Å². The molecule has 0 spiro atoms. The molecule has 0 saturated carbocycles. The molecule has 1 fully saturated rings. The van der Waals surface area contributed by atoms with Gasteiger partial charge in [-0.3, -0.25) is 4.90 Å². The second-order valence-corrected chi connectivity index (χ2v) is 9.15. The minimum absolute atomic E-state index is 0.00584. The van der Waals surface area contributed by atoms with Gasteiger partial charge in [-0.15, -0.1) is 0 Å². The lowest BCUT2D eigenvalue weighted by atomic mass is 10.1. The molecule has 0 aliphatic carbocycles. The highest BCUT2D eigenvalue weighted by Crippen LogP contribution is 2.26. The number of hydrogen-bond acceptors (Lipinski definition) is 7. The Morgan fingerprint density at radius 2 is 1.58 bits per heavy atom. The van der Waals surface area contributed by atoms with Gasteiger partial charge in [0.05, 0.1) is 0 Å². The van der Waals surface area contributed by atoms with Gasteiger partial charge < -0.3 is 20.9 Å². The van der Waals surface area contributed by atoms with Gasteiger partial charge in [0.2, 0.25) is 17.8 Å². The summed E-state index contributed by atoms with van der Waals surface area (Å²) in [6.45, 7) is 9.54. The number of carbonyl (C=O) groups is 1. The normalized spacial score (nSPS) is 13.9. The summed E-state index contributed by atoms with van der Waals surface area (Å²) >= 11 is 0. The van der Waals surface area contributed by atoms with Crippen molar-refractivity contribution >= 4 is 40.9 Å². The Labute approximate surface area is 194 Å². The van der Waals surface area contributed by atoms with Crippen LogP contribution >= 0.6 is 0 Å². The second-order valence-electron chi connectivity index (χ2n) is 9.15. The van der Waals surface area contributed by atoms with Crippen molar-refractivity contribution in [3.8, 4) is 0 Å². The summed E-state index contributed by atoms with van der Waals surface area (Å²) in [5.41, 5.74) is 3.40. The van der Waals surface area contributed by atoms with Crippen LogP contribution in [0.3, 0.4) is 0 Å². The Balaban J connectivity index is 1.63. The number of hydrogen-bond donors (Lipinski definition) is 3. The van der Waals surface area contributed by atoms with Crippen molar-refractivity contribution in [3.05, 3.63) is 54.1 Å². The first kappa shape index (κ1) is 22.3. The van der Waals surface area contributed by atoms with E-state index in [1.807, 2.05) is 83.3 Å². The third-order valence-corrected chi connectivity index (χ3v) is 5.14. The van der Waals surface area contributed by atoms with Gasteiger partial charge in [-0.1, -0.05) is 24.3 Å². The first-order chi connectivity index (χ1) is 15.7. The van der Waals surface area contributed by atoms with Gasteiger partial charge in [0.15, 0.2) is 0 Å². The number of aromatic nitrogens is 3. The summed E-state index contributed by atoms with van der Waals surface area (Å²) < 4.78 is 0. The van der Waals surface area contributed by atoms with Gasteiger partial charge in [0, 0.05) is 42.7 Å². The molecule has 1 aromatic heterocycles. The summed E-state index contributed by atoms with van der Waals surface area (Å²) in [6.07, 6.45) is 0. The molecule has 4 rings (SSSR count). The van der Waals surface area contributed by atoms with Crippen LogP contribution in [0.1, 0.15) is 26.3 Å². The third-order valence-electron chi connectivity index (χ3n) is 5.14. The van der Waals surface area contributed by atoms with Crippen molar-refractivity contribution in [2.45, 2.75) is 33.2 Å². The van der Waals surface area contributed by atoms with Crippen molar-refractivity contribution in [2.75, 3.05) is 41.0 Å². The van der Waals surface area contributed by atoms with Crippen LogP contribution in [0.25, 0.3) is 0 Å². The molecule has 9 nitrogen and oxygen atoms in total. The van der Waals surface area contributed by atoms with E-state index in [1.165, 1.54) is 0 Å². The zero-order valence-corrected chi connectivity index (χ0v) is 19.7. The fraction of sp³-hybridized carbons (Fsp3) is 0.333. The van der Waals surface area contributed by atoms with Crippen LogP contribution in [0.2, 0.25) is 0 Å². The van der Waals surface area contributed by atoms with E-state index >= 15 is 0 Å². The molecule has 2 aromatic carbocycles. The molecular formula is C24H30N8O. The fourth-order valence-corrected chi connectivity index (χ4v) is 3.48. The van der Waals surface area contributed by atoms with Gasteiger partial charge in [0.1, 0.15) is 0 Å². The summed E-state index contributed by atoms with van der Waals surface area (Å²) in [6, 6.07) is 15.6. The highest BCUT2D eigenvalue weighted by atomic mass is 16.2. The number of carbonyl (C=O) groups excluding carboxylic acids is 1. The van der Waals surface area contributed by atoms with E-state index in [4.69, 9.17) is 0 Å². The number of rotatable bonds is 6. The molecule has 1 aliphatic heterocycles. The predicted octanol–water partition coefficient (Wildman–Crippen LogP) is 4.75. The van der Waals surface area contributed by atoms with Gasteiger partial charge >= 0.3 is 6.03 Å². The zero-order chi connectivity index (χ0) is 23.6. The maximum atomic E-state index is 12.4. The maximum Gasteiger partial charge on any atom is 0.324 e. The van der Waals surface area contributed by atoms with Crippen LogP contribution < -0.4 is 20.9 Å².